The Balaban J connectivity index is 2.15. The molecule has 1 aromatic rings. The van der Waals surface area contributed by atoms with Gasteiger partial charge in [-0.25, -0.2) is 17.9 Å². The van der Waals surface area contributed by atoms with Crippen molar-refractivity contribution in [1.82, 2.24) is 4.72 Å². The Kier molecular flexibility index (Phi) is 5.55. The molecule has 1 aliphatic heterocycles. The minimum absolute atomic E-state index is 0.104. The summed E-state index contributed by atoms with van der Waals surface area (Å²) in [4.78, 5) is 11.7. The summed E-state index contributed by atoms with van der Waals surface area (Å²) >= 11 is 0. The minimum atomic E-state index is -3.67. The van der Waals surface area contributed by atoms with Crippen LogP contribution in [-0.2, 0) is 19.5 Å². The van der Waals surface area contributed by atoms with Gasteiger partial charge in [-0.15, -0.1) is 0 Å². The Morgan fingerprint density at radius 1 is 1.45 bits per heavy atom. The number of hydrogen-bond donors (Lipinski definition) is 1. The summed E-state index contributed by atoms with van der Waals surface area (Å²) in [5, 5.41) is 0. The molecule has 1 saturated heterocycles. The van der Waals surface area contributed by atoms with Crippen LogP contribution in [0.2, 0.25) is 0 Å². The summed E-state index contributed by atoms with van der Waals surface area (Å²) in [6.45, 7) is 3.34. The predicted molar refractivity (Wildman–Crippen MR) is 81.3 cm³/mol. The Morgan fingerprint density at radius 2 is 2.23 bits per heavy atom. The van der Waals surface area contributed by atoms with Crippen LogP contribution >= 0.6 is 0 Å². The second-order valence-electron chi connectivity index (χ2n) is 5.41. The molecule has 0 radical (unpaired) electrons. The normalized spacial score (nSPS) is 18.9. The molecule has 1 N–H and O–H groups in total. The fourth-order valence-electron chi connectivity index (χ4n) is 2.41. The molecule has 1 atom stereocenters. The van der Waals surface area contributed by atoms with Gasteiger partial charge in [0.1, 0.15) is 0 Å². The summed E-state index contributed by atoms with van der Waals surface area (Å²) in [6.07, 6.45) is 1.90. The van der Waals surface area contributed by atoms with Gasteiger partial charge in [-0.2, -0.15) is 0 Å². The molecule has 22 heavy (non-hydrogen) atoms. The van der Waals surface area contributed by atoms with Gasteiger partial charge in [0.05, 0.1) is 24.2 Å². The van der Waals surface area contributed by atoms with E-state index in [-0.39, 0.29) is 16.4 Å². The predicted octanol–water partition coefficient (Wildman–Crippen LogP) is 1.49. The second-order valence-corrected chi connectivity index (χ2v) is 7.14. The Labute approximate surface area is 130 Å². The van der Waals surface area contributed by atoms with Crippen molar-refractivity contribution in [2.75, 3.05) is 26.9 Å². The number of ether oxygens (including phenoxy) is 2. The Hall–Kier alpha value is -1.44. The van der Waals surface area contributed by atoms with Gasteiger partial charge in [0.15, 0.2) is 0 Å². The molecule has 1 aromatic carbocycles. The molecule has 0 spiro atoms. The fraction of sp³-hybridized carbons (Fsp3) is 0.533. The van der Waals surface area contributed by atoms with Crippen LogP contribution in [0, 0.1) is 12.8 Å². The Bertz CT molecular complexity index is 635. The zero-order valence-corrected chi connectivity index (χ0v) is 13.6. The van der Waals surface area contributed by atoms with Gasteiger partial charge < -0.3 is 9.47 Å². The molecule has 0 bridgehead atoms. The third-order valence-electron chi connectivity index (χ3n) is 3.72. The molecule has 6 nitrogen and oxygen atoms in total. The molecule has 0 aliphatic carbocycles. The van der Waals surface area contributed by atoms with Crippen molar-refractivity contribution in [2.45, 2.75) is 24.7 Å². The maximum atomic E-state index is 12.5. The average molecular weight is 327 g/mol. The van der Waals surface area contributed by atoms with Crippen molar-refractivity contribution in [3.63, 3.8) is 0 Å². The van der Waals surface area contributed by atoms with Crippen molar-refractivity contribution >= 4 is 16.0 Å². The number of methoxy groups -OCH3 is 1. The zero-order valence-electron chi connectivity index (χ0n) is 12.8. The molecule has 1 fully saturated rings. The van der Waals surface area contributed by atoms with Crippen LogP contribution in [-0.4, -0.2) is 41.3 Å². The summed E-state index contributed by atoms with van der Waals surface area (Å²) in [5.41, 5.74) is 0.800. The monoisotopic (exact) mass is 327 g/mol. The molecule has 0 saturated carbocycles. The molecule has 1 aliphatic rings. The minimum Gasteiger partial charge on any atom is -0.465 e. The first kappa shape index (κ1) is 16.9. The third kappa shape index (κ3) is 4.06. The first-order valence-electron chi connectivity index (χ1n) is 7.20. The van der Waals surface area contributed by atoms with E-state index in [0.29, 0.717) is 18.7 Å². The topological polar surface area (TPSA) is 81.7 Å². The quantitative estimate of drug-likeness (QED) is 0.829. The molecule has 0 unspecified atom stereocenters. The van der Waals surface area contributed by atoms with Crippen molar-refractivity contribution < 1.29 is 22.7 Å². The van der Waals surface area contributed by atoms with Crippen LogP contribution in [0.3, 0.4) is 0 Å². The number of aryl methyl sites for hydroxylation is 1. The maximum Gasteiger partial charge on any atom is 0.337 e. The van der Waals surface area contributed by atoms with E-state index in [4.69, 9.17) is 4.74 Å². The summed E-state index contributed by atoms with van der Waals surface area (Å²) in [7, 11) is -2.41. The van der Waals surface area contributed by atoms with Gasteiger partial charge in [-0.3, -0.25) is 0 Å². The zero-order chi connectivity index (χ0) is 16.2. The van der Waals surface area contributed by atoms with E-state index >= 15 is 0 Å². The molecular weight excluding hydrogens is 306 g/mol. The van der Waals surface area contributed by atoms with E-state index in [1.54, 1.807) is 19.1 Å². The molecule has 0 amide bonds. The lowest BCUT2D eigenvalue weighted by atomic mass is 10.0. The number of sulfonamides is 1. The second kappa shape index (κ2) is 7.21. The number of benzene rings is 1. The van der Waals surface area contributed by atoms with Crippen LogP contribution in [0.4, 0.5) is 0 Å². The number of carbonyl (C=O) groups is 1. The average Bonchev–Trinajstić information content (AvgIpc) is 2.53. The van der Waals surface area contributed by atoms with E-state index in [2.05, 4.69) is 9.46 Å². The van der Waals surface area contributed by atoms with Crippen LogP contribution < -0.4 is 4.72 Å². The van der Waals surface area contributed by atoms with Crippen molar-refractivity contribution in [3.8, 4) is 0 Å². The highest BCUT2D eigenvalue weighted by Crippen LogP contribution is 2.19. The van der Waals surface area contributed by atoms with Crippen LogP contribution in [0.25, 0.3) is 0 Å². The molecule has 7 heteroatoms. The highest BCUT2D eigenvalue weighted by Gasteiger charge is 2.22. The highest BCUT2D eigenvalue weighted by atomic mass is 32.2. The lowest BCUT2D eigenvalue weighted by molar-refractivity contribution is 0.0568. The SMILES string of the molecule is COC(=O)c1ccc(C)c(S(=O)(=O)NC[C@H]2CCCOC2)c1. The third-order valence-corrected chi connectivity index (χ3v) is 5.28. The van der Waals surface area contributed by atoms with E-state index in [0.717, 1.165) is 19.4 Å². The van der Waals surface area contributed by atoms with E-state index < -0.39 is 16.0 Å². The van der Waals surface area contributed by atoms with Crippen LogP contribution in [0.1, 0.15) is 28.8 Å². The highest BCUT2D eigenvalue weighted by molar-refractivity contribution is 7.89. The first-order chi connectivity index (χ1) is 10.4. The standard InChI is InChI=1S/C15H21NO5S/c1-11-5-6-13(15(17)20-2)8-14(11)22(18,19)16-9-12-4-3-7-21-10-12/h5-6,8,12,16H,3-4,7,9-10H2,1-2H3/t12-/m1/s1. The van der Waals surface area contributed by atoms with Crippen molar-refractivity contribution in [2.24, 2.45) is 5.92 Å². The molecule has 2 rings (SSSR count). The van der Waals surface area contributed by atoms with Gasteiger partial charge in [-0.05, 0) is 43.4 Å². The van der Waals surface area contributed by atoms with Crippen LogP contribution in [0.15, 0.2) is 23.1 Å². The number of hydrogen-bond acceptors (Lipinski definition) is 5. The fourth-order valence-corrected chi connectivity index (χ4v) is 3.79. The number of nitrogens with one attached hydrogen (secondary N) is 1. The largest absolute Gasteiger partial charge is 0.465 e. The molecule has 122 valence electrons. The molecule has 0 aromatic heterocycles. The van der Waals surface area contributed by atoms with Crippen molar-refractivity contribution in [1.29, 1.82) is 0 Å². The molecular formula is C15H21NO5S. The van der Waals surface area contributed by atoms with Gasteiger partial charge >= 0.3 is 5.97 Å². The lowest BCUT2D eigenvalue weighted by Crippen LogP contribution is -2.33. The number of esters is 1. The van der Waals surface area contributed by atoms with Gasteiger partial charge in [-0.1, -0.05) is 6.07 Å². The first-order valence-corrected chi connectivity index (χ1v) is 8.68. The van der Waals surface area contributed by atoms with Crippen LogP contribution in [0.5, 0.6) is 0 Å². The van der Waals surface area contributed by atoms with Gasteiger partial charge in [0, 0.05) is 13.2 Å². The van der Waals surface area contributed by atoms with E-state index in [1.165, 1.54) is 13.2 Å². The number of carbonyl (C=O) groups excluding carboxylic acids is 1. The number of rotatable bonds is 5. The molecule has 1 heterocycles. The van der Waals surface area contributed by atoms with Gasteiger partial charge in [0.25, 0.3) is 0 Å². The van der Waals surface area contributed by atoms with E-state index in [9.17, 15) is 13.2 Å². The van der Waals surface area contributed by atoms with Gasteiger partial charge in [0.2, 0.25) is 10.0 Å². The van der Waals surface area contributed by atoms with E-state index in [1.807, 2.05) is 0 Å². The lowest BCUT2D eigenvalue weighted by Gasteiger charge is -2.22. The summed E-state index contributed by atoms with van der Waals surface area (Å²) in [6, 6.07) is 4.50. The maximum absolute atomic E-state index is 12.5. The smallest absolute Gasteiger partial charge is 0.337 e. The van der Waals surface area contributed by atoms with Crippen molar-refractivity contribution in [3.05, 3.63) is 29.3 Å². The summed E-state index contributed by atoms with van der Waals surface area (Å²) < 4.78 is 37.5. The Morgan fingerprint density at radius 3 is 2.86 bits per heavy atom. The summed E-state index contributed by atoms with van der Waals surface area (Å²) in [5.74, 6) is -0.371.